The second-order valence-electron chi connectivity index (χ2n) is 24.6. The van der Waals surface area contributed by atoms with Crippen molar-refractivity contribution in [2.24, 2.45) is 0 Å². The molecule has 462 valence electrons. The standard InChI is InChI=1S/C72H139NO5/c1-3-5-7-9-11-13-15-17-19-21-34-38-42-46-50-54-58-62-66-72(77)78-67-63-59-55-51-47-43-39-35-31-29-27-25-23-22-24-26-28-30-33-37-41-45-49-53-57-61-65-71(76)73-69(68-74)70(75)64-60-56-52-48-44-40-36-32-20-18-16-14-12-10-8-6-4-2/h19,21-22,24,69-70,74-75H,3-18,20,23,25-68H2,1-2H3,(H,73,76)/b21-19-,24-22-. The summed E-state index contributed by atoms with van der Waals surface area (Å²) in [5.74, 6) is -0.0212. The van der Waals surface area contributed by atoms with Crippen LogP contribution in [-0.2, 0) is 14.3 Å². The minimum atomic E-state index is -0.666. The third-order valence-electron chi connectivity index (χ3n) is 16.7. The molecule has 0 aromatic heterocycles. The number of ether oxygens (including phenoxy) is 1. The summed E-state index contributed by atoms with van der Waals surface area (Å²) >= 11 is 0. The van der Waals surface area contributed by atoms with Gasteiger partial charge in [0.25, 0.3) is 0 Å². The molecule has 6 heteroatoms. The van der Waals surface area contributed by atoms with Crippen LogP contribution in [0.4, 0.5) is 0 Å². The highest BCUT2D eigenvalue weighted by atomic mass is 16.5. The number of rotatable bonds is 67. The van der Waals surface area contributed by atoms with Crippen molar-refractivity contribution in [3.8, 4) is 0 Å². The lowest BCUT2D eigenvalue weighted by molar-refractivity contribution is -0.143. The van der Waals surface area contributed by atoms with Crippen LogP contribution in [0.5, 0.6) is 0 Å². The molecule has 0 aliphatic heterocycles. The van der Waals surface area contributed by atoms with Gasteiger partial charge in [-0.05, 0) is 77.0 Å². The minimum absolute atomic E-state index is 0.0123. The van der Waals surface area contributed by atoms with Gasteiger partial charge in [-0.1, -0.05) is 334 Å². The highest BCUT2D eigenvalue weighted by Crippen LogP contribution is 2.19. The molecule has 0 aromatic carbocycles. The van der Waals surface area contributed by atoms with Gasteiger partial charge in [0.1, 0.15) is 0 Å². The Hall–Kier alpha value is -1.66. The van der Waals surface area contributed by atoms with Gasteiger partial charge in [0, 0.05) is 12.8 Å². The number of hydrogen-bond acceptors (Lipinski definition) is 5. The maximum absolute atomic E-state index is 12.5. The number of carbonyl (C=O) groups is 2. The van der Waals surface area contributed by atoms with E-state index in [4.69, 9.17) is 4.74 Å². The summed E-state index contributed by atoms with van der Waals surface area (Å²) in [5.41, 5.74) is 0. The highest BCUT2D eigenvalue weighted by Gasteiger charge is 2.20. The smallest absolute Gasteiger partial charge is 0.305 e. The molecule has 0 saturated carbocycles. The number of allylic oxidation sites excluding steroid dienone is 4. The maximum Gasteiger partial charge on any atom is 0.305 e. The first-order valence-electron chi connectivity index (χ1n) is 35.6. The van der Waals surface area contributed by atoms with Crippen molar-refractivity contribution in [2.45, 2.75) is 411 Å². The molecule has 0 radical (unpaired) electrons. The van der Waals surface area contributed by atoms with Gasteiger partial charge in [0.05, 0.1) is 25.4 Å². The van der Waals surface area contributed by atoms with E-state index in [1.807, 2.05) is 0 Å². The molecule has 0 heterocycles. The lowest BCUT2D eigenvalue weighted by atomic mass is 10.0. The zero-order chi connectivity index (χ0) is 56.4. The number of aliphatic hydroxyl groups excluding tert-OH is 2. The highest BCUT2D eigenvalue weighted by molar-refractivity contribution is 5.76. The Bertz CT molecular complexity index is 1220. The zero-order valence-corrected chi connectivity index (χ0v) is 52.9. The molecule has 3 N–H and O–H groups in total. The minimum Gasteiger partial charge on any atom is -0.466 e. The Morgan fingerprint density at radius 2 is 0.603 bits per heavy atom. The van der Waals surface area contributed by atoms with Crippen LogP contribution in [0.2, 0.25) is 0 Å². The number of esters is 1. The predicted octanol–water partition coefficient (Wildman–Crippen LogP) is 22.9. The fourth-order valence-corrected chi connectivity index (χ4v) is 11.3. The summed E-state index contributed by atoms with van der Waals surface area (Å²) in [4.78, 5) is 24.6. The van der Waals surface area contributed by atoms with E-state index in [1.165, 1.54) is 321 Å². The lowest BCUT2D eigenvalue weighted by Gasteiger charge is -2.22. The zero-order valence-electron chi connectivity index (χ0n) is 52.9. The molecule has 1 amide bonds. The van der Waals surface area contributed by atoms with E-state index in [2.05, 4.69) is 43.5 Å². The van der Waals surface area contributed by atoms with Crippen molar-refractivity contribution < 1.29 is 24.5 Å². The SMILES string of the molecule is CCCCCCCCC/C=C\CCCCCCCCCC(=O)OCCCCCCCCCCCCCC/C=C\CCCCCCCCCCCCC(=O)NC(CO)C(O)CCCCCCCCCCCCCCCCCCC. The molecule has 0 aliphatic rings. The normalized spacial score (nSPS) is 12.6. The van der Waals surface area contributed by atoms with Gasteiger partial charge in [-0.15, -0.1) is 0 Å². The average molecular weight is 1100 g/mol. The number of hydrogen-bond donors (Lipinski definition) is 3. The van der Waals surface area contributed by atoms with Crippen LogP contribution in [0.3, 0.4) is 0 Å². The van der Waals surface area contributed by atoms with Gasteiger partial charge in [0.2, 0.25) is 5.91 Å². The summed E-state index contributed by atoms with van der Waals surface area (Å²) in [6.45, 7) is 4.98. The molecule has 0 fully saturated rings. The molecule has 0 aliphatic carbocycles. The van der Waals surface area contributed by atoms with Crippen molar-refractivity contribution in [3.63, 3.8) is 0 Å². The molecule has 0 saturated heterocycles. The molecular weight excluding hydrogens is 959 g/mol. The summed E-state index contributed by atoms with van der Waals surface area (Å²) in [6, 6.07) is -0.543. The molecule has 0 spiro atoms. The van der Waals surface area contributed by atoms with Crippen LogP contribution in [0, 0.1) is 0 Å². The van der Waals surface area contributed by atoms with Crippen LogP contribution in [0.15, 0.2) is 24.3 Å². The van der Waals surface area contributed by atoms with E-state index in [9.17, 15) is 19.8 Å². The van der Waals surface area contributed by atoms with E-state index in [0.29, 0.717) is 25.9 Å². The Kier molecular flexibility index (Phi) is 66.4. The summed E-state index contributed by atoms with van der Waals surface area (Å²) in [6.07, 6.45) is 85.1. The molecule has 2 atom stereocenters. The van der Waals surface area contributed by atoms with Gasteiger partial charge >= 0.3 is 5.97 Å². The van der Waals surface area contributed by atoms with Crippen molar-refractivity contribution in [1.29, 1.82) is 0 Å². The molecule has 0 bridgehead atoms. The molecule has 0 aromatic rings. The van der Waals surface area contributed by atoms with Crippen LogP contribution in [-0.4, -0.2) is 47.4 Å². The van der Waals surface area contributed by atoms with Gasteiger partial charge < -0.3 is 20.3 Å². The monoisotopic (exact) mass is 1100 g/mol. The fraction of sp³-hybridized carbons (Fsp3) is 0.917. The number of aliphatic hydroxyl groups is 2. The van der Waals surface area contributed by atoms with Crippen LogP contribution in [0.25, 0.3) is 0 Å². The molecule has 78 heavy (non-hydrogen) atoms. The van der Waals surface area contributed by atoms with E-state index in [1.54, 1.807) is 0 Å². The summed E-state index contributed by atoms with van der Waals surface area (Å²) in [7, 11) is 0. The van der Waals surface area contributed by atoms with Crippen molar-refractivity contribution in [1.82, 2.24) is 5.32 Å². The van der Waals surface area contributed by atoms with Crippen molar-refractivity contribution >= 4 is 11.9 Å². The van der Waals surface area contributed by atoms with Gasteiger partial charge in [-0.2, -0.15) is 0 Å². The van der Waals surface area contributed by atoms with Crippen molar-refractivity contribution in [3.05, 3.63) is 24.3 Å². The fourth-order valence-electron chi connectivity index (χ4n) is 11.3. The van der Waals surface area contributed by atoms with Crippen LogP contribution < -0.4 is 5.32 Å². The Labute approximate surface area is 488 Å². The van der Waals surface area contributed by atoms with Gasteiger partial charge in [-0.3, -0.25) is 9.59 Å². The largest absolute Gasteiger partial charge is 0.466 e. The van der Waals surface area contributed by atoms with Crippen molar-refractivity contribution in [2.75, 3.05) is 13.2 Å². The third-order valence-corrected chi connectivity index (χ3v) is 16.7. The quantitative estimate of drug-likeness (QED) is 0.0320. The summed E-state index contributed by atoms with van der Waals surface area (Å²) < 4.78 is 5.50. The predicted molar refractivity (Wildman–Crippen MR) is 343 cm³/mol. The number of unbranched alkanes of at least 4 members (excludes halogenated alkanes) is 52. The van der Waals surface area contributed by atoms with Gasteiger partial charge in [-0.25, -0.2) is 0 Å². The number of amides is 1. The van der Waals surface area contributed by atoms with E-state index >= 15 is 0 Å². The second kappa shape index (κ2) is 67.8. The van der Waals surface area contributed by atoms with Crippen LogP contribution >= 0.6 is 0 Å². The Balaban J connectivity index is 3.37. The number of carbonyl (C=O) groups excluding carboxylic acids is 2. The Morgan fingerprint density at radius 1 is 0.346 bits per heavy atom. The lowest BCUT2D eigenvalue weighted by Crippen LogP contribution is -2.45. The molecule has 2 unspecified atom stereocenters. The molecule has 6 nitrogen and oxygen atoms in total. The number of nitrogens with one attached hydrogen (secondary N) is 1. The summed E-state index contributed by atoms with van der Waals surface area (Å²) in [5, 5.41) is 23.4. The first-order chi connectivity index (χ1) is 38.5. The van der Waals surface area contributed by atoms with E-state index in [-0.39, 0.29) is 18.5 Å². The van der Waals surface area contributed by atoms with E-state index < -0.39 is 12.1 Å². The average Bonchev–Trinajstić information content (AvgIpc) is 3.44. The second-order valence-corrected chi connectivity index (χ2v) is 24.6. The first-order valence-corrected chi connectivity index (χ1v) is 35.6. The van der Waals surface area contributed by atoms with Crippen LogP contribution in [0.1, 0.15) is 399 Å². The molecule has 0 rings (SSSR count). The first kappa shape index (κ1) is 76.3. The third kappa shape index (κ3) is 63.5. The maximum atomic E-state index is 12.5. The Morgan fingerprint density at radius 3 is 0.910 bits per heavy atom. The molecular formula is C72H139NO5. The van der Waals surface area contributed by atoms with E-state index in [0.717, 1.165) is 44.9 Å². The van der Waals surface area contributed by atoms with Gasteiger partial charge in [0.15, 0.2) is 0 Å². The topological polar surface area (TPSA) is 95.9 Å².